The first-order valence-corrected chi connectivity index (χ1v) is 13.7. The van der Waals surface area contributed by atoms with E-state index in [0.717, 1.165) is 0 Å². The third-order valence-electron chi connectivity index (χ3n) is 7.14. The number of carbonyl (C=O) groups is 1. The van der Waals surface area contributed by atoms with E-state index in [1.165, 1.54) is 0 Å². The van der Waals surface area contributed by atoms with Crippen molar-refractivity contribution in [1.29, 1.82) is 0 Å². The van der Waals surface area contributed by atoms with E-state index in [9.17, 15) is 25.2 Å². The first-order chi connectivity index (χ1) is 18.6. The van der Waals surface area contributed by atoms with Crippen LogP contribution in [0.4, 0.5) is 0 Å². The number of aliphatic hydroxyl groups excluding tert-OH is 5. The smallest absolute Gasteiger partial charge is 0.249 e. The SMILES string of the molecule is C[C@@H]1CO[C@H](O[C@@H]2[C@@H](O)[C@H](O[C@@H]3CCC=C(CNCC(O)CO)O3)[C@@H](N)C[C@H]2NC(=O)[C@H](O)CCN)[C@H](O)C1. The molecule has 0 radical (unpaired) electrons. The second-order valence-corrected chi connectivity index (χ2v) is 10.7. The monoisotopic (exact) mass is 562 g/mol. The van der Waals surface area contributed by atoms with Crippen LogP contribution in [0.1, 0.15) is 39.0 Å². The molecule has 39 heavy (non-hydrogen) atoms. The van der Waals surface area contributed by atoms with E-state index in [2.05, 4.69) is 10.6 Å². The van der Waals surface area contributed by atoms with Crippen LogP contribution in [0.5, 0.6) is 0 Å². The number of allylic oxidation sites excluding steroid dienone is 1. The molecule has 0 spiro atoms. The van der Waals surface area contributed by atoms with Crippen molar-refractivity contribution in [3.8, 4) is 0 Å². The van der Waals surface area contributed by atoms with Crippen LogP contribution in [0.3, 0.4) is 0 Å². The highest BCUT2D eigenvalue weighted by Crippen LogP contribution is 2.31. The highest BCUT2D eigenvalue weighted by atomic mass is 16.7. The summed E-state index contributed by atoms with van der Waals surface area (Å²) in [6, 6.07) is -1.51. The summed E-state index contributed by atoms with van der Waals surface area (Å²) in [4.78, 5) is 12.6. The lowest BCUT2D eigenvalue weighted by Crippen LogP contribution is -2.66. The van der Waals surface area contributed by atoms with Gasteiger partial charge in [0.25, 0.3) is 0 Å². The average molecular weight is 563 g/mol. The molecular formula is C25H46N4O10. The summed E-state index contributed by atoms with van der Waals surface area (Å²) in [5.74, 6) is 0.0605. The Morgan fingerprint density at radius 3 is 2.69 bits per heavy atom. The third-order valence-corrected chi connectivity index (χ3v) is 7.14. The molecule has 0 aromatic carbocycles. The molecule has 0 bridgehead atoms. The van der Waals surface area contributed by atoms with Gasteiger partial charge in [-0.15, -0.1) is 0 Å². The molecule has 226 valence electrons. The van der Waals surface area contributed by atoms with Crippen LogP contribution in [0.2, 0.25) is 0 Å². The minimum atomic E-state index is -1.33. The molecule has 0 aromatic rings. The molecule has 1 unspecified atom stereocenters. The number of nitrogens with two attached hydrogens (primary N) is 2. The van der Waals surface area contributed by atoms with Crippen LogP contribution in [-0.4, -0.2) is 126 Å². The van der Waals surface area contributed by atoms with Gasteiger partial charge in [0.1, 0.15) is 36.3 Å². The summed E-state index contributed by atoms with van der Waals surface area (Å²) >= 11 is 0. The molecule has 11 atom stereocenters. The molecule has 14 heteroatoms. The Hall–Kier alpha value is -1.43. The summed E-state index contributed by atoms with van der Waals surface area (Å²) in [7, 11) is 0. The fraction of sp³-hybridized carbons (Fsp3) is 0.880. The summed E-state index contributed by atoms with van der Waals surface area (Å²) in [5, 5.41) is 56.1. The minimum absolute atomic E-state index is 0.0649. The van der Waals surface area contributed by atoms with Gasteiger partial charge < -0.3 is 66.6 Å². The van der Waals surface area contributed by atoms with E-state index >= 15 is 0 Å². The molecule has 2 heterocycles. The first-order valence-electron chi connectivity index (χ1n) is 13.7. The van der Waals surface area contributed by atoms with Gasteiger partial charge in [-0.1, -0.05) is 6.92 Å². The molecular weight excluding hydrogens is 516 g/mol. The van der Waals surface area contributed by atoms with E-state index in [4.69, 9.17) is 35.5 Å². The maximum atomic E-state index is 12.6. The number of ether oxygens (including phenoxy) is 4. The van der Waals surface area contributed by atoms with Crippen molar-refractivity contribution >= 4 is 5.91 Å². The van der Waals surface area contributed by atoms with Crippen molar-refractivity contribution in [3.63, 3.8) is 0 Å². The molecule has 1 amide bonds. The Labute approximate surface area is 228 Å². The van der Waals surface area contributed by atoms with Gasteiger partial charge >= 0.3 is 0 Å². The Morgan fingerprint density at radius 2 is 2.00 bits per heavy atom. The van der Waals surface area contributed by atoms with Crippen molar-refractivity contribution in [2.24, 2.45) is 17.4 Å². The second-order valence-electron chi connectivity index (χ2n) is 10.7. The van der Waals surface area contributed by atoms with Crippen LogP contribution in [-0.2, 0) is 23.7 Å². The molecule has 1 aliphatic carbocycles. The quantitative estimate of drug-likeness (QED) is 0.107. The van der Waals surface area contributed by atoms with Crippen molar-refractivity contribution in [2.75, 3.05) is 32.8 Å². The van der Waals surface area contributed by atoms with Gasteiger partial charge in [-0.25, -0.2) is 0 Å². The Kier molecular flexibility index (Phi) is 12.8. The summed E-state index contributed by atoms with van der Waals surface area (Å²) < 4.78 is 23.8. The van der Waals surface area contributed by atoms with Crippen LogP contribution < -0.4 is 22.1 Å². The van der Waals surface area contributed by atoms with Gasteiger partial charge in [-0.2, -0.15) is 0 Å². The van der Waals surface area contributed by atoms with Gasteiger partial charge in [0.15, 0.2) is 12.6 Å². The number of hydrogen-bond donors (Lipinski definition) is 9. The molecule has 14 nitrogen and oxygen atoms in total. The Balaban J connectivity index is 1.67. The number of carbonyl (C=O) groups excluding carboxylic acids is 1. The lowest BCUT2D eigenvalue weighted by molar-refractivity contribution is -0.282. The minimum Gasteiger partial charge on any atom is -0.468 e. The lowest BCUT2D eigenvalue weighted by Gasteiger charge is -2.46. The molecule has 1 saturated carbocycles. The Morgan fingerprint density at radius 1 is 1.23 bits per heavy atom. The molecule has 0 aromatic heterocycles. The number of rotatable bonds is 13. The maximum absolute atomic E-state index is 12.6. The number of aliphatic hydroxyl groups is 5. The summed E-state index contributed by atoms with van der Waals surface area (Å²) in [6.45, 7) is 2.58. The fourth-order valence-electron chi connectivity index (χ4n) is 5.02. The third kappa shape index (κ3) is 9.30. The fourth-order valence-corrected chi connectivity index (χ4v) is 5.02. The highest BCUT2D eigenvalue weighted by molar-refractivity contribution is 5.80. The molecule has 2 aliphatic heterocycles. The summed E-state index contributed by atoms with van der Waals surface area (Å²) in [5.41, 5.74) is 11.9. The second kappa shape index (κ2) is 15.5. The van der Waals surface area contributed by atoms with E-state index < -0.39 is 67.2 Å². The predicted molar refractivity (Wildman–Crippen MR) is 138 cm³/mol. The van der Waals surface area contributed by atoms with Crippen molar-refractivity contribution in [1.82, 2.24) is 10.6 Å². The maximum Gasteiger partial charge on any atom is 0.249 e. The van der Waals surface area contributed by atoms with Crippen molar-refractivity contribution in [3.05, 3.63) is 11.8 Å². The standard InChI is InChI=1S/C25H46N4O10/c1-13-7-19(33)25(36-12-13)39-23-17(29-24(35)18(32)5-6-26)8-16(27)22(21(23)34)38-20-4-2-3-15(37-20)10-28-9-14(31)11-30/h3,13-14,16-23,25,28,30-34H,2,4-12,26-27H2,1H3,(H,29,35)/t13-,14?,16-,17+,18+,19+,20+,21-,22+,23-,25+/m0/s1. The topological polar surface area (TPSA) is 231 Å². The van der Waals surface area contributed by atoms with E-state index in [1.54, 1.807) is 0 Å². The largest absolute Gasteiger partial charge is 0.468 e. The van der Waals surface area contributed by atoms with Crippen molar-refractivity contribution < 1.29 is 49.3 Å². The van der Waals surface area contributed by atoms with Crippen LogP contribution in [0.15, 0.2) is 11.8 Å². The van der Waals surface area contributed by atoms with Gasteiger partial charge in [0, 0.05) is 19.0 Å². The van der Waals surface area contributed by atoms with Gasteiger partial charge in [-0.05, 0) is 44.2 Å². The zero-order chi connectivity index (χ0) is 28.5. The summed E-state index contributed by atoms with van der Waals surface area (Å²) in [6.07, 6.45) is -4.45. The number of hydrogen-bond acceptors (Lipinski definition) is 13. The van der Waals surface area contributed by atoms with Gasteiger partial charge in [-0.3, -0.25) is 4.79 Å². The van der Waals surface area contributed by atoms with E-state index in [-0.39, 0.29) is 38.5 Å². The average Bonchev–Trinajstić information content (AvgIpc) is 2.90. The van der Waals surface area contributed by atoms with E-state index in [0.29, 0.717) is 38.2 Å². The molecule has 2 fully saturated rings. The normalized spacial score (nSPS) is 36.9. The van der Waals surface area contributed by atoms with Crippen LogP contribution >= 0.6 is 0 Å². The zero-order valence-electron chi connectivity index (χ0n) is 22.4. The first kappa shape index (κ1) is 32.1. The zero-order valence-corrected chi connectivity index (χ0v) is 22.4. The number of amides is 1. The lowest BCUT2D eigenvalue weighted by atomic mass is 9.83. The van der Waals surface area contributed by atoms with Crippen LogP contribution in [0.25, 0.3) is 0 Å². The molecule has 1 saturated heterocycles. The van der Waals surface area contributed by atoms with Gasteiger partial charge in [0.2, 0.25) is 5.91 Å². The number of nitrogens with one attached hydrogen (secondary N) is 2. The highest BCUT2D eigenvalue weighted by Gasteiger charge is 2.48. The van der Waals surface area contributed by atoms with E-state index in [1.807, 2.05) is 13.0 Å². The van der Waals surface area contributed by atoms with Gasteiger partial charge in [0.05, 0.1) is 31.9 Å². The molecule has 3 aliphatic rings. The molecule has 11 N–H and O–H groups in total. The molecule has 3 rings (SSSR count). The predicted octanol–water partition coefficient (Wildman–Crippen LogP) is -3.25. The Bertz CT molecular complexity index is 792. The van der Waals surface area contributed by atoms with Crippen LogP contribution in [0, 0.1) is 5.92 Å². The van der Waals surface area contributed by atoms with Crippen molar-refractivity contribution in [2.45, 2.75) is 100 Å².